The van der Waals surface area contributed by atoms with Gasteiger partial charge in [0, 0.05) is 6.54 Å². The van der Waals surface area contributed by atoms with Gasteiger partial charge < -0.3 is 9.47 Å². The fourth-order valence-electron chi connectivity index (χ4n) is 1.35. The van der Waals surface area contributed by atoms with Gasteiger partial charge in [-0.2, -0.15) is 0 Å². The lowest BCUT2D eigenvalue weighted by Crippen LogP contribution is -2.31. The first-order valence-corrected chi connectivity index (χ1v) is 4.88. The Morgan fingerprint density at radius 3 is 2.56 bits per heavy atom. The van der Waals surface area contributed by atoms with Crippen molar-refractivity contribution in [1.82, 2.24) is 5.01 Å². The smallest absolute Gasteiger partial charge is 0.223 e. The first-order valence-electron chi connectivity index (χ1n) is 4.88. The van der Waals surface area contributed by atoms with Crippen LogP contribution in [0.2, 0.25) is 0 Å². The summed E-state index contributed by atoms with van der Waals surface area (Å²) < 4.78 is 10.3. The molecule has 0 bridgehead atoms. The van der Waals surface area contributed by atoms with Crippen LogP contribution in [0, 0.1) is 0 Å². The van der Waals surface area contributed by atoms with Crippen molar-refractivity contribution in [3.05, 3.63) is 23.8 Å². The summed E-state index contributed by atoms with van der Waals surface area (Å²) in [5.74, 6) is 6.72. The van der Waals surface area contributed by atoms with Crippen LogP contribution in [-0.2, 0) is 11.2 Å². The van der Waals surface area contributed by atoms with Gasteiger partial charge in [-0.15, -0.1) is 0 Å². The zero-order valence-electron chi connectivity index (χ0n) is 9.47. The van der Waals surface area contributed by atoms with Gasteiger partial charge in [0.2, 0.25) is 6.41 Å². The minimum atomic E-state index is 0.471. The molecule has 0 heterocycles. The Morgan fingerprint density at radius 2 is 2.00 bits per heavy atom. The summed E-state index contributed by atoms with van der Waals surface area (Å²) in [6.07, 6.45) is 1.27. The van der Waals surface area contributed by atoms with Crippen LogP contribution >= 0.6 is 0 Å². The van der Waals surface area contributed by atoms with Crippen LogP contribution in [0.4, 0.5) is 0 Å². The number of hydrogen-bond donors (Lipinski definition) is 1. The average Bonchev–Trinajstić information content (AvgIpc) is 2.35. The number of amides is 1. The third-order valence-electron chi connectivity index (χ3n) is 2.24. The second-order valence-electron chi connectivity index (χ2n) is 3.28. The molecule has 1 amide bonds. The highest BCUT2D eigenvalue weighted by molar-refractivity contribution is 5.46. The fraction of sp³-hybridized carbons (Fsp3) is 0.364. The number of ether oxygens (including phenoxy) is 2. The predicted molar refractivity (Wildman–Crippen MR) is 60.2 cm³/mol. The van der Waals surface area contributed by atoms with Crippen molar-refractivity contribution < 1.29 is 14.3 Å². The number of nitrogens with two attached hydrogens (primary N) is 1. The maximum Gasteiger partial charge on any atom is 0.223 e. The highest BCUT2D eigenvalue weighted by Gasteiger charge is 2.05. The SMILES string of the molecule is COc1ccc(CCN(N)C=O)cc1OC. The molecular formula is C11H16N2O3. The summed E-state index contributed by atoms with van der Waals surface area (Å²) in [5, 5.41) is 1.11. The van der Waals surface area contributed by atoms with Crippen LogP contribution in [0.15, 0.2) is 18.2 Å². The summed E-state index contributed by atoms with van der Waals surface area (Å²) in [6.45, 7) is 0.471. The lowest BCUT2D eigenvalue weighted by atomic mass is 10.1. The number of rotatable bonds is 6. The largest absolute Gasteiger partial charge is 0.493 e. The molecule has 0 aromatic heterocycles. The summed E-state index contributed by atoms with van der Waals surface area (Å²) in [7, 11) is 3.17. The van der Waals surface area contributed by atoms with Crippen LogP contribution < -0.4 is 15.3 Å². The second kappa shape index (κ2) is 5.97. The molecule has 16 heavy (non-hydrogen) atoms. The van der Waals surface area contributed by atoms with E-state index in [0.717, 1.165) is 10.6 Å². The molecule has 88 valence electrons. The van der Waals surface area contributed by atoms with Crippen molar-refractivity contribution in [3.8, 4) is 11.5 Å². The van der Waals surface area contributed by atoms with Gasteiger partial charge in [0.1, 0.15) is 0 Å². The van der Waals surface area contributed by atoms with Crippen molar-refractivity contribution in [1.29, 1.82) is 0 Å². The maximum absolute atomic E-state index is 10.3. The minimum absolute atomic E-state index is 0.471. The van der Waals surface area contributed by atoms with Gasteiger partial charge in [0.25, 0.3) is 0 Å². The summed E-state index contributed by atoms with van der Waals surface area (Å²) >= 11 is 0. The van der Waals surface area contributed by atoms with E-state index >= 15 is 0 Å². The average molecular weight is 224 g/mol. The molecule has 0 atom stereocenters. The standard InChI is InChI=1S/C11H16N2O3/c1-15-10-4-3-9(7-11(10)16-2)5-6-13(12)8-14/h3-4,7-8H,5-6,12H2,1-2H3. The lowest BCUT2D eigenvalue weighted by molar-refractivity contribution is -0.118. The van der Waals surface area contributed by atoms with Crippen LogP contribution in [-0.4, -0.2) is 32.2 Å². The van der Waals surface area contributed by atoms with E-state index in [-0.39, 0.29) is 0 Å². The Kier molecular flexibility index (Phi) is 4.60. The topological polar surface area (TPSA) is 64.8 Å². The van der Waals surface area contributed by atoms with Gasteiger partial charge in [-0.3, -0.25) is 9.80 Å². The molecule has 0 radical (unpaired) electrons. The van der Waals surface area contributed by atoms with E-state index in [4.69, 9.17) is 15.3 Å². The molecule has 1 rings (SSSR count). The Balaban J connectivity index is 2.71. The monoisotopic (exact) mass is 224 g/mol. The number of nitrogens with zero attached hydrogens (tertiary/aromatic N) is 1. The highest BCUT2D eigenvalue weighted by Crippen LogP contribution is 2.27. The van der Waals surface area contributed by atoms with Gasteiger partial charge in [-0.25, -0.2) is 5.84 Å². The summed E-state index contributed by atoms with van der Waals surface area (Å²) in [5.41, 5.74) is 1.04. The minimum Gasteiger partial charge on any atom is -0.493 e. The van der Waals surface area contributed by atoms with Crippen LogP contribution in [0.5, 0.6) is 11.5 Å². The van der Waals surface area contributed by atoms with Crippen LogP contribution in [0.1, 0.15) is 5.56 Å². The van der Waals surface area contributed by atoms with E-state index in [2.05, 4.69) is 0 Å². The van der Waals surface area contributed by atoms with Crippen molar-refractivity contribution in [2.75, 3.05) is 20.8 Å². The molecular weight excluding hydrogens is 208 g/mol. The molecule has 2 N–H and O–H groups in total. The van der Waals surface area contributed by atoms with Crippen molar-refractivity contribution in [2.45, 2.75) is 6.42 Å². The molecule has 1 aromatic rings. The first-order chi connectivity index (χ1) is 7.71. The van der Waals surface area contributed by atoms with Gasteiger partial charge in [-0.1, -0.05) is 6.07 Å². The molecule has 0 aliphatic rings. The highest BCUT2D eigenvalue weighted by atomic mass is 16.5. The molecule has 5 nitrogen and oxygen atoms in total. The van der Waals surface area contributed by atoms with Crippen molar-refractivity contribution in [3.63, 3.8) is 0 Å². The Bertz CT molecular complexity index is 355. The molecule has 0 aliphatic heterocycles. The van der Waals surface area contributed by atoms with Crippen molar-refractivity contribution >= 4 is 6.41 Å². The Labute approximate surface area is 94.7 Å². The second-order valence-corrected chi connectivity index (χ2v) is 3.28. The number of methoxy groups -OCH3 is 2. The van der Waals surface area contributed by atoms with Gasteiger partial charge in [0.05, 0.1) is 14.2 Å². The first kappa shape index (κ1) is 12.3. The van der Waals surface area contributed by atoms with Gasteiger partial charge in [-0.05, 0) is 24.1 Å². The van der Waals surface area contributed by atoms with Gasteiger partial charge >= 0.3 is 0 Å². The van der Waals surface area contributed by atoms with E-state index in [1.54, 1.807) is 14.2 Å². The van der Waals surface area contributed by atoms with E-state index in [9.17, 15) is 4.79 Å². The molecule has 0 aliphatic carbocycles. The van der Waals surface area contributed by atoms with Crippen molar-refractivity contribution in [2.24, 2.45) is 5.84 Å². The fourth-order valence-corrected chi connectivity index (χ4v) is 1.35. The van der Waals surface area contributed by atoms with E-state index in [0.29, 0.717) is 30.9 Å². The molecule has 0 unspecified atom stereocenters. The number of hydrazine groups is 1. The number of carbonyl (C=O) groups excluding carboxylic acids is 1. The molecule has 0 saturated carbocycles. The zero-order chi connectivity index (χ0) is 12.0. The number of benzene rings is 1. The zero-order valence-corrected chi connectivity index (χ0v) is 9.47. The summed E-state index contributed by atoms with van der Waals surface area (Å²) in [6, 6.07) is 5.62. The number of hydrogen-bond acceptors (Lipinski definition) is 4. The van der Waals surface area contributed by atoms with E-state index in [1.165, 1.54) is 0 Å². The molecule has 0 spiro atoms. The molecule has 0 saturated heterocycles. The molecule has 5 heteroatoms. The number of carbonyl (C=O) groups is 1. The third kappa shape index (κ3) is 3.13. The Hall–Kier alpha value is -1.75. The van der Waals surface area contributed by atoms with Gasteiger partial charge in [0.15, 0.2) is 11.5 Å². The third-order valence-corrected chi connectivity index (χ3v) is 2.24. The summed E-state index contributed by atoms with van der Waals surface area (Å²) in [4.78, 5) is 10.3. The molecule has 1 aromatic carbocycles. The van der Waals surface area contributed by atoms with E-state index < -0.39 is 0 Å². The lowest BCUT2D eigenvalue weighted by Gasteiger charge is -2.12. The Morgan fingerprint density at radius 1 is 1.31 bits per heavy atom. The normalized spacial score (nSPS) is 9.69. The quantitative estimate of drug-likeness (QED) is 0.332. The van der Waals surface area contributed by atoms with Crippen LogP contribution in [0.25, 0.3) is 0 Å². The molecule has 0 fully saturated rings. The van der Waals surface area contributed by atoms with E-state index in [1.807, 2.05) is 18.2 Å². The van der Waals surface area contributed by atoms with Crippen LogP contribution in [0.3, 0.4) is 0 Å². The maximum atomic E-state index is 10.3. The predicted octanol–water partition coefficient (Wildman–Crippen LogP) is 0.578.